The Bertz CT molecular complexity index is 4650. The number of carbonyl (C=O) groups excluding carboxylic acids is 7. The molecule has 4 saturated heterocycles. The van der Waals surface area contributed by atoms with Crippen LogP contribution in [0.25, 0.3) is 11.3 Å². The molecule has 0 saturated carbocycles. The van der Waals surface area contributed by atoms with Gasteiger partial charge < -0.3 is 53.4 Å². The lowest BCUT2D eigenvalue weighted by molar-refractivity contribution is -0.221. The minimum Gasteiger partial charge on any atom is -0.453 e. The van der Waals surface area contributed by atoms with Crippen LogP contribution in [0.3, 0.4) is 0 Å². The number of nitrogens with two attached hydrogens (primary N) is 1. The van der Waals surface area contributed by atoms with E-state index in [9.17, 15) is 60.3 Å². The summed E-state index contributed by atoms with van der Waals surface area (Å²) in [6.07, 6.45) is -15.6. The lowest BCUT2D eigenvalue weighted by Crippen LogP contribution is -2.62. The molecule has 9 rings (SSSR count). The number of methoxy groups -OCH3 is 2. The zero-order valence-corrected chi connectivity index (χ0v) is 66.4. The number of fused-ring (bicyclic) bond motifs is 2. The molecular formula is C73H88F10N13O19PS. The normalized spacial score (nSPS) is 17.7. The van der Waals surface area contributed by atoms with E-state index in [0.29, 0.717) is 119 Å². The van der Waals surface area contributed by atoms with Crippen molar-refractivity contribution in [3.63, 3.8) is 0 Å². The molecule has 0 radical (unpaired) electrons. The van der Waals surface area contributed by atoms with E-state index < -0.39 is 199 Å². The highest BCUT2D eigenvalue weighted by Crippen LogP contribution is 2.47. The number of nitrogens with one attached hydrogen (secondary N) is 3. The van der Waals surface area contributed by atoms with Gasteiger partial charge in [0.1, 0.15) is 35.6 Å². The second-order valence-electron chi connectivity index (χ2n) is 30.2. The third kappa shape index (κ3) is 23.1. The van der Waals surface area contributed by atoms with Crippen LogP contribution in [0.1, 0.15) is 113 Å². The molecule has 2 unspecified atom stereocenters. The molecule has 5 aromatic rings. The van der Waals surface area contributed by atoms with Crippen molar-refractivity contribution >= 4 is 65.9 Å². The Morgan fingerprint density at radius 1 is 0.778 bits per heavy atom. The number of halogens is 10. The second-order valence-corrected chi connectivity index (χ2v) is 32.9. The SMILES string of the molecule is COC(=O)N[C@H](C(=O)C[C@@H](Cc1ccc(C#Cc2cnc(N3CC4CCC(C3)N4C3COC3)nc2)cc1)[C@H](CN(Cc1c(F)cc(-c2ccn(C(F)F)n2)cc1F)NC(=O)[C@@H](NC(=O)OC)C(C)(C)C(F)(F)F)OC(=O)OCOC(=O)CC(C)(C)c1c(CC(=O)N2CCN(S(N)(=O)=O)CC2)cc(C)cc1OP(=O)(O)O)C(C)(C)C(F)(F)F. The maximum Gasteiger partial charge on any atom is 0.524 e. The molecule has 44 heteroatoms. The summed E-state index contributed by atoms with van der Waals surface area (Å²) >= 11 is 0. The summed E-state index contributed by atoms with van der Waals surface area (Å²) in [6, 6.07) is 6.00. The summed E-state index contributed by atoms with van der Waals surface area (Å²) in [6.45, 7) is 0.904. The van der Waals surface area contributed by atoms with Crippen LogP contribution < -0.4 is 30.6 Å². The summed E-state index contributed by atoms with van der Waals surface area (Å²) < 4.78 is 226. The molecule has 117 heavy (non-hydrogen) atoms. The number of phosphoric acid groups is 1. The van der Waals surface area contributed by atoms with E-state index >= 15 is 39.9 Å². The Morgan fingerprint density at radius 3 is 1.88 bits per heavy atom. The minimum atomic E-state index is -5.44. The van der Waals surface area contributed by atoms with Crippen LogP contribution in [-0.2, 0) is 87.2 Å². The molecule has 32 nitrogen and oxygen atoms in total. The Labute approximate surface area is 665 Å². The average Bonchev–Trinajstić information content (AvgIpc) is 1.76. The number of carbonyl (C=O) groups is 7. The van der Waals surface area contributed by atoms with Crippen molar-refractivity contribution in [1.82, 2.24) is 54.9 Å². The number of alkyl halides is 8. The first-order valence-electron chi connectivity index (χ1n) is 36.2. The lowest BCUT2D eigenvalue weighted by atomic mass is 9.77. The van der Waals surface area contributed by atoms with Gasteiger partial charge in [0, 0.05) is 116 Å². The molecule has 2 bridgehead atoms. The molecule has 4 fully saturated rings. The summed E-state index contributed by atoms with van der Waals surface area (Å²) in [5, 5.41) is 12.9. The minimum absolute atomic E-state index is 0.0548. The number of anilines is 1. The van der Waals surface area contributed by atoms with Crippen molar-refractivity contribution in [2.24, 2.45) is 21.9 Å². The van der Waals surface area contributed by atoms with Gasteiger partial charge in [-0.05, 0) is 107 Å². The van der Waals surface area contributed by atoms with E-state index in [-0.39, 0.29) is 47.6 Å². The number of ketones is 1. The van der Waals surface area contributed by atoms with Crippen LogP contribution in [0.15, 0.2) is 73.2 Å². The standard InChI is InChI=1S/C73H88F10N13O19PS/c1-41-24-47(30-58(98)91-20-22-94(23-21-91)117(84,107)108)60(56(25-41)115-116(104,105)106)69(2,3)31-59(99)112-40-113-68(103)114-57(37-93(90-63(100)62(88-67(102)110-9)71(6,7)73(81,82)83)36-51-52(74)27-45(28-53(51)75)54-18-19-95(89-54)64(76)77)46(29-55(97)61(87-66(101)109-8)70(4,5)72(78,79)80)26-43-13-10-42(11-14-43)12-15-44-32-85-65(86-33-44)92-34-48-16-17-49(35-92)96(48)50-38-111-39-50/h10-11,13-14,18-19,24-25,27-28,32-33,46,48-50,57,61-62,64H,16-17,20-23,26,29-31,34-40H2,1-9H3,(H,87,101)(H,88,102)(H,90,100)(H2,84,107,108)(H2,104,105,106)/t46-,48?,49?,57+,61-,62-/m1/s1. The number of aromatic nitrogens is 4. The van der Waals surface area contributed by atoms with Crippen LogP contribution in [0, 0.1) is 47.1 Å². The van der Waals surface area contributed by atoms with Gasteiger partial charge in [-0.15, -0.1) is 0 Å². The van der Waals surface area contributed by atoms with Crippen LogP contribution >= 0.6 is 7.82 Å². The summed E-state index contributed by atoms with van der Waals surface area (Å²) in [5.41, 5.74) is -7.15. The third-order valence-electron chi connectivity index (χ3n) is 20.7. The fraction of sp³-hybridized carbons (Fsp3) is 0.534. The molecule has 4 aliphatic heterocycles. The first-order chi connectivity index (χ1) is 54.5. The van der Waals surface area contributed by atoms with Crippen LogP contribution in [0.5, 0.6) is 5.75 Å². The van der Waals surface area contributed by atoms with Crippen molar-refractivity contribution < 1.29 is 133 Å². The Morgan fingerprint density at radius 2 is 1.35 bits per heavy atom. The average molecular weight is 1700 g/mol. The van der Waals surface area contributed by atoms with Crippen molar-refractivity contribution in [3.8, 4) is 28.8 Å². The summed E-state index contributed by atoms with van der Waals surface area (Å²) in [7, 11) is -8.10. The highest BCUT2D eigenvalue weighted by molar-refractivity contribution is 7.86. The number of nitrogens with zero attached hydrogens (tertiary/aromatic N) is 9. The molecule has 4 aliphatic rings. The lowest BCUT2D eigenvalue weighted by Gasteiger charge is -2.47. The molecule has 3 aromatic carbocycles. The number of phosphoric ester groups is 1. The van der Waals surface area contributed by atoms with E-state index in [2.05, 4.69) is 46.2 Å². The molecular weight excluding hydrogens is 1620 g/mol. The number of benzene rings is 3. The van der Waals surface area contributed by atoms with Gasteiger partial charge in [-0.1, -0.05) is 43.9 Å². The zero-order valence-electron chi connectivity index (χ0n) is 64.6. The van der Waals surface area contributed by atoms with Crippen molar-refractivity contribution in [1.29, 1.82) is 0 Å². The number of amides is 4. The van der Waals surface area contributed by atoms with E-state index in [1.54, 1.807) is 5.32 Å². The predicted molar refractivity (Wildman–Crippen MR) is 391 cm³/mol. The number of esters is 1. The number of aryl methyl sites for hydroxylation is 1. The number of ether oxygens (including phenoxy) is 6. The highest BCUT2D eigenvalue weighted by Gasteiger charge is 2.58. The van der Waals surface area contributed by atoms with E-state index in [0.717, 1.165) is 36.5 Å². The van der Waals surface area contributed by atoms with Crippen molar-refractivity contribution in [3.05, 3.63) is 124 Å². The Kier molecular flexibility index (Phi) is 28.8. The fourth-order valence-corrected chi connectivity index (χ4v) is 15.3. The third-order valence-corrected chi connectivity index (χ3v) is 22.2. The van der Waals surface area contributed by atoms with Gasteiger partial charge in [-0.25, -0.2) is 52.5 Å². The smallest absolute Gasteiger partial charge is 0.453 e. The maximum absolute atomic E-state index is 16.8. The second kappa shape index (κ2) is 37.0. The van der Waals surface area contributed by atoms with Crippen molar-refractivity contribution in [2.45, 2.75) is 154 Å². The number of hydrogen-bond donors (Lipinski definition) is 6. The zero-order chi connectivity index (χ0) is 86.2. The van der Waals surface area contributed by atoms with Crippen LogP contribution in [-0.4, -0.2) is 228 Å². The van der Waals surface area contributed by atoms with Gasteiger partial charge >= 0.3 is 51.0 Å². The maximum atomic E-state index is 16.8. The monoisotopic (exact) mass is 1700 g/mol. The quantitative estimate of drug-likeness (QED) is 0.00468. The molecule has 6 heterocycles. The number of piperazine rings is 2. The number of Topliss-reactive ketones (excluding diaryl/α,β-unsaturated/α-hetero) is 1. The molecule has 4 amide bonds. The largest absolute Gasteiger partial charge is 0.524 e. The first-order valence-corrected chi connectivity index (χ1v) is 39.3. The predicted octanol–water partition coefficient (Wildman–Crippen LogP) is 7.80. The Balaban J connectivity index is 1.09. The molecule has 640 valence electrons. The van der Waals surface area contributed by atoms with Gasteiger partial charge in [0.25, 0.3) is 16.1 Å². The first kappa shape index (κ1) is 91.1. The summed E-state index contributed by atoms with van der Waals surface area (Å²) in [5.74, 6) is -4.39. The van der Waals surface area contributed by atoms with Gasteiger partial charge in [-0.2, -0.15) is 52.9 Å². The Hall–Kier alpha value is -9.80. The number of hydrogen-bond acceptors (Lipinski definition) is 23. The van der Waals surface area contributed by atoms with Gasteiger partial charge in [0.2, 0.25) is 18.6 Å². The highest BCUT2D eigenvalue weighted by atomic mass is 32.2. The van der Waals surface area contributed by atoms with Gasteiger partial charge in [0.15, 0.2) is 5.78 Å². The topological polar surface area (TPSA) is 398 Å². The van der Waals surface area contributed by atoms with Gasteiger partial charge in [0.05, 0.1) is 74.9 Å². The fourth-order valence-electron chi connectivity index (χ4n) is 14.2. The van der Waals surface area contributed by atoms with Crippen LogP contribution in [0.4, 0.5) is 64.2 Å². The molecule has 2 aromatic heterocycles. The number of alkyl carbamates (subject to hydrolysis) is 2. The summed E-state index contributed by atoms with van der Waals surface area (Å²) in [4.78, 5) is 133. The molecule has 7 N–H and O–H groups in total. The van der Waals surface area contributed by atoms with Crippen LogP contribution in [0.2, 0.25) is 0 Å². The molecule has 6 atom stereocenters. The van der Waals surface area contributed by atoms with Crippen molar-refractivity contribution in [2.75, 3.05) is 84.9 Å². The molecule has 0 aliphatic carbocycles. The molecule has 0 spiro atoms. The van der Waals surface area contributed by atoms with E-state index in [4.69, 9.17) is 28.6 Å². The number of rotatable bonds is 31. The van der Waals surface area contributed by atoms with Gasteiger partial charge in [-0.3, -0.25) is 39.3 Å². The number of hydrazine groups is 1. The van der Waals surface area contributed by atoms with E-state index in [1.807, 2.05) is 10.7 Å². The van der Waals surface area contributed by atoms with E-state index in [1.165, 1.54) is 74.5 Å².